The van der Waals surface area contributed by atoms with Crippen molar-refractivity contribution in [3.8, 4) is 0 Å². The summed E-state index contributed by atoms with van der Waals surface area (Å²) in [6.45, 7) is 2.03. The Balaban J connectivity index is 2.10. The van der Waals surface area contributed by atoms with Crippen LogP contribution in [-0.2, 0) is 14.4 Å². The van der Waals surface area contributed by atoms with Crippen LogP contribution in [0.4, 0.5) is 5.13 Å². The van der Waals surface area contributed by atoms with E-state index in [-0.39, 0.29) is 18.4 Å². The van der Waals surface area contributed by atoms with Gasteiger partial charge >= 0.3 is 5.97 Å². The Hall–Kier alpha value is -1.63. The van der Waals surface area contributed by atoms with Gasteiger partial charge in [0.1, 0.15) is 11.8 Å². The van der Waals surface area contributed by atoms with Gasteiger partial charge in [0, 0.05) is 5.38 Å². The number of ether oxygens (including phenoxy) is 1. The van der Waals surface area contributed by atoms with Gasteiger partial charge in [0.2, 0.25) is 5.71 Å². The third-order valence-corrected chi connectivity index (χ3v) is 4.00. The lowest BCUT2D eigenvalue weighted by atomic mass is 10.2. The van der Waals surface area contributed by atoms with Crippen LogP contribution in [0.2, 0.25) is 0 Å². The molecule has 1 heterocycles. The van der Waals surface area contributed by atoms with Gasteiger partial charge in [0.05, 0.1) is 6.61 Å². The molecule has 0 atom stereocenters. The minimum absolute atomic E-state index is 0.0629. The molecule has 0 amide bonds. The molecule has 116 valence electrons. The first kappa shape index (κ1) is 15.8. The van der Waals surface area contributed by atoms with E-state index in [1.165, 1.54) is 24.2 Å². The maximum Gasteiger partial charge on any atom is 0.362 e. The second kappa shape index (κ2) is 7.97. The molecule has 6 nitrogen and oxygen atoms in total. The van der Waals surface area contributed by atoms with Crippen LogP contribution in [0.5, 0.6) is 0 Å². The van der Waals surface area contributed by atoms with E-state index < -0.39 is 5.97 Å². The van der Waals surface area contributed by atoms with Gasteiger partial charge in [0.25, 0.3) is 0 Å². The minimum atomic E-state index is -0.531. The highest BCUT2D eigenvalue weighted by atomic mass is 32.1. The standard InChI is InChI=1S/C14H21N3O3S/c1-2-19-13(18)12(11-9-21-14(15)16-11)17-20-10-7-5-3-4-6-8-10/h9-10H,2-8H2,1H3,(H2,15,16)/b17-12-. The zero-order valence-corrected chi connectivity index (χ0v) is 13.0. The highest BCUT2D eigenvalue weighted by molar-refractivity contribution is 7.13. The average molecular weight is 311 g/mol. The molecule has 21 heavy (non-hydrogen) atoms. The normalized spacial score (nSPS) is 17.3. The first-order valence-electron chi connectivity index (χ1n) is 7.33. The number of nitrogen functional groups attached to an aromatic ring is 1. The first-order chi connectivity index (χ1) is 10.2. The molecule has 7 heteroatoms. The van der Waals surface area contributed by atoms with Crippen molar-refractivity contribution < 1.29 is 14.4 Å². The molecule has 0 saturated heterocycles. The summed E-state index contributed by atoms with van der Waals surface area (Å²) in [6.07, 6.45) is 6.75. The Morgan fingerprint density at radius 2 is 2.14 bits per heavy atom. The van der Waals surface area contributed by atoms with Gasteiger partial charge in [-0.1, -0.05) is 18.0 Å². The summed E-state index contributed by atoms with van der Waals surface area (Å²) in [5.41, 5.74) is 6.11. The number of carbonyl (C=O) groups excluding carboxylic acids is 1. The summed E-state index contributed by atoms with van der Waals surface area (Å²) in [5, 5.41) is 6.09. The van der Waals surface area contributed by atoms with Gasteiger partial charge in [-0.25, -0.2) is 9.78 Å². The second-order valence-electron chi connectivity index (χ2n) is 4.95. The summed E-state index contributed by atoms with van der Waals surface area (Å²) >= 11 is 1.26. The second-order valence-corrected chi connectivity index (χ2v) is 5.84. The van der Waals surface area contributed by atoms with E-state index in [0.29, 0.717) is 10.8 Å². The van der Waals surface area contributed by atoms with Crippen molar-refractivity contribution in [2.24, 2.45) is 5.16 Å². The van der Waals surface area contributed by atoms with Gasteiger partial charge in [-0.15, -0.1) is 11.3 Å². The largest absolute Gasteiger partial charge is 0.461 e. The van der Waals surface area contributed by atoms with Gasteiger partial charge in [0.15, 0.2) is 5.13 Å². The molecule has 2 rings (SSSR count). The summed E-state index contributed by atoms with van der Waals surface area (Å²) in [4.78, 5) is 21.6. The molecule has 1 saturated carbocycles. The molecular formula is C14H21N3O3S. The fourth-order valence-corrected chi connectivity index (χ4v) is 2.81. The van der Waals surface area contributed by atoms with Crippen molar-refractivity contribution in [3.05, 3.63) is 11.1 Å². The fourth-order valence-electron chi connectivity index (χ4n) is 2.26. The van der Waals surface area contributed by atoms with E-state index in [4.69, 9.17) is 15.3 Å². The van der Waals surface area contributed by atoms with Crippen LogP contribution in [0.25, 0.3) is 0 Å². The molecule has 1 aromatic heterocycles. The third kappa shape index (κ3) is 4.70. The number of hydrogen-bond donors (Lipinski definition) is 1. The predicted molar refractivity (Wildman–Crippen MR) is 82.3 cm³/mol. The van der Waals surface area contributed by atoms with Crippen LogP contribution < -0.4 is 5.73 Å². The molecule has 0 spiro atoms. The van der Waals surface area contributed by atoms with Crippen LogP contribution in [0, 0.1) is 0 Å². The maximum atomic E-state index is 12.0. The molecule has 0 radical (unpaired) electrons. The molecule has 0 aliphatic heterocycles. The number of carbonyl (C=O) groups is 1. The number of anilines is 1. The zero-order valence-electron chi connectivity index (χ0n) is 12.2. The number of esters is 1. The smallest absolute Gasteiger partial charge is 0.362 e. The van der Waals surface area contributed by atoms with Gasteiger partial charge in [-0.05, 0) is 32.6 Å². The third-order valence-electron chi connectivity index (χ3n) is 3.33. The number of aromatic nitrogens is 1. The number of thiazole rings is 1. The van der Waals surface area contributed by atoms with E-state index in [9.17, 15) is 4.79 Å². The van der Waals surface area contributed by atoms with E-state index in [2.05, 4.69) is 10.1 Å². The van der Waals surface area contributed by atoms with Gasteiger partial charge in [-0.3, -0.25) is 0 Å². The molecular weight excluding hydrogens is 290 g/mol. The highest BCUT2D eigenvalue weighted by Gasteiger charge is 2.21. The predicted octanol–water partition coefficient (Wildman–Crippen LogP) is 2.73. The van der Waals surface area contributed by atoms with Crippen LogP contribution in [-0.4, -0.2) is 29.4 Å². The lowest BCUT2D eigenvalue weighted by Crippen LogP contribution is -2.21. The first-order valence-corrected chi connectivity index (χ1v) is 8.21. The van der Waals surface area contributed by atoms with Crippen molar-refractivity contribution in [2.45, 2.75) is 51.6 Å². The Morgan fingerprint density at radius 3 is 2.71 bits per heavy atom. The van der Waals surface area contributed by atoms with Crippen LogP contribution in [0.3, 0.4) is 0 Å². The van der Waals surface area contributed by atoms with Crippen molar-refractivity contribution in [1.29, 1.82) is 0 Å². The maximum absolute atomic E-state index is 12.0. The lowest BCUT2D eigenvalue weighted by molar-refractivity contribution is -0.135. The molecule has 1 aliphatic rings. The SMILES string of the molecule is CCOC(=O)/C(=N\OC1CCCCCC1)c1csc(N)n1. The minimum Gasteiger partial charge on any atom is -0.461 e. The molecule has 1 aliphatic carbocycles. The summed E-state index contributed by atoms with van der Waals surface area (Å²) < 4.78 is 5.01. The molecule has 0 aromatic carbocycles. The lowest BCUT2D eigenvalue weighted by Gasteiger charge is -2.12. The monoisotopic (exact) mass is 311 g/mol. The Labute approximate surface area is 128 Å². The van der Waals surface area contributed by atoms with Crippen molar-refractivity contribution in [2.75, 3.05) is 12.3 Å². The number of rotatable bonds is 5. The van der Waals surface area contributed by atoms with Crippen LogP contribution >= 0.6 is 11.3 Å². The molecule has 2 N–H and O–H groups in total. The number of oxime groups is 1. The van der Waals surface area contributed by atoms with Crippen LogP contribution in [0.15, 0.2) is 10.5 Å². The molecule has 1 aromatic rings. The summed E-state index contributed by atoms with van der Waals surface area (Å²) in [5.74, 6) is -0.531. The summed E-state index contributed by atoms with van der Waals surface area (Å²) in [7, 11) is 0. The zero-order chi connectivity index (χ0) is 15.1. The Morgan fingerprint density at radius 1 is 1.43 bits per heavy atom. The van der Waals surface area contributed by atoms with E-state index >= 15 is 0 Å². The van der Waals surface area contributed by atoms with E-state index in [0.717, 1.165) is 25.7 Å². The number of nitrogens with two attached hydrogens (primary N) is 1. The van der Waals surface area contributed by atoms with Crippen LogP contribution in [0.1, 0.15) is 51.1 Å². The average Bonchev–Trinajstić information content (AvgIpc) is 2.74. The molecule has 0 unspecified atom stereocenters. The summed E-state index contributed by atoms with van der Waals surface area (Å²) in [6, 6.07) is 0. The van der Waals surface area contributed by atoms with E-state index in [1.54, 1.807) is 12.3 Å². The van der Waals surface area contributed by atoms with Gasteiger partial charge in [-0.2, -0.15) is 0 Å². The van der Waals surface area contributed by atoms with Crippen molar-refractivity contribution in [3.63, 3.8) is 0 Å². The Bertz CT molecular complexity index is 493. The molecule has 0 bridgehead atoms. The van der Waals surface area contributed by atoms with Crippen molar-refractivity contribution >= 4 is 28.1 Å². The molecule has 1 fully saturated rings. The van der Waals surface area contributed by atoms with Crippen molar-refractivity contribution in [1.82, 2.24) is 4.98 Å². The Kier molecular flexibility index (Phi) is 5.98. The topological polar surface area (TPSA) is 86.8 Å². The quantitative estimate of drug-likeness (QED) is 0.391. The number of nitrogens with zero attached hydrogens (tertiary/aromatic N) is 2. The van der Waals surface area contributed by atoms with E-state index in [1.807, 2.05) is 0 Å². The fraction of sp³-hybridized carbons (Fsp3) is 0.643. The highest BCUT2D eigenvalue weighted by Crippen LogP contribution is 2.20. The van der Waals surface area contributed by atoms with Gasteiger partial charge < -0.3 is 15.3 Å². The number of hydrogen-bond acceptors (Lipinski definition) is 7.